The highest BCUT2D eigenvalue weighted by atomic mass is 35.5. The van der Waals surface area contributed by atoms with Crippen LogP contribution in [0.15, 0.2) is 18.2 Å². The number of hydrogen-bond donors (Lipinski definition) is 0. The molecule has 1 aliphatic heterocycles. The maximum atomic E-state index is 12.3. The van der Waals surface area contributed by atoms with Crippen molar-refractivity contribution in [3.05, 3.63) is 28.8 Å². The molecule has 0 N–H and O–H groups in total. The zero-order valence-corrected chi connectivity index (χ0v) is 12.8. The number of carbonyl (C=O) groups is 1. The van der Waals surface area contributed by atoms with Gasteiger partial charge in [0.05, 0.1) is 11.6 Å². The second-order valence-corrected chi connectivity index (χ2v) is 5.89. The van der Waals surface area contributed by atoms with Crippen LogP contribution in [0.2, 0.25) is 5.02 Å². The van der Waals surface area contributed by atoms with E-state index in [0.29, 0.717) is 22.9 Å². The molecule has 5 heteroatoms. The van der Waals surface area contributed by atoms with Crippen LogP contribution in [-0.2, 0) is 14.3 Å². The molecule has 4 nitrogen and oxygen atoms in total. The molecule has 114 valence electrons. The minimum atomic E-state index is -0.759. The first kappa shape index (κ1) is 14.7. The van der Waals surface area contributed by atoms with Crippen LogP contribution in [-0.4, -0.2) is 18.4 Å². The summed E-state index contributed by atoms with van der Waals surface area (Å²) in [7, 11) is 0. The largest absolute Gasteiger partial charge is 0.464 e. The number of hydrogen-bond acceptors (Lipinski definition) is 4. The first-order valence-corrected chi connectivity index (χ1v) is 7.85. The molecule has 1 heterocycles. The summed E-state index contributed by atoms with van der Waals surface area (Å²) in [6.45, 7) is 2.11. The summed E-state index contributed by atoms with van der Waals surface area (Å²) >= 11 is 6.26. The van der Waals surface area contributed by atoms with Crippen LogP contribution in [0, 0.1) is 0 Å². The summed E-state index contributed by atoms with van der Waals surface area (Å²) in [5.41, 5.74) is 0.650. The highest BCUT2D eigenvalue weighted by Gasteiger charge is 2.46. The van der Waals surface area contributed by atoms with E-state index in [9.17, 15) is 4.79 Å². The van der Waals surface area contributed by atoms with E-state index in [1.54, 1.807) is 25.1 Å². The van der Waals surface area contributed by atoms with E-state index in [-0.39, 0.29) is 5.97 Å². The lowest BCUT2D eigenvalue weighted by Crippen LogP contribution is -2.47. The minimum absolute atomic E-state index is 0.322. The van der Waals surface area contributed by atoms with Gasteiger partial charge in [-0.1, -0.05) is 30.2 Å². The molecule has 1 aliphatic carbocycles. The highest BCUT2D eigenvalue weighted by molar-refractivity contribution is 6.32. The Morgan fingerprint density at radius 3 is 2.86 bits per heavy atom. The van der Waals surface area contributed by atoms with Gasteiger partial charge in [-0.2, -0.15) is 0 Å². The molecular weight excluding hydrogens is 292 g/mol. The van der Waals surface area contributed by atoms with E-state index < -0.39 is 11.9 Å². The van der Waals surface area contributed by atoms with Crippen LogP contribution in [0.25, 0.3) is 0 Å². The summed E-state index contributed by atoms with van der Waals surface area (Å²) in [6, 6.07) is 5.36. The molecule has 1 unspecified atom stereocenters. The Kier molecular flexibility index (Phi) is 4.09. The zero-order valence-electron chi connectivity index (χ0n) is 12.1. The quantitative estimate of drug-likeness (QED) is 0.774. The van der Waals surface area contributed by atoms with Crippen LogP contribution in [0.5, 0.6) is 5.75 Å². The Bertz CT molecular complexity index is 537. The van der Waals surface area contributed by atoms with Gasteiger partial charge in [-0.05, 0) is 25.8 Å². The predicted octanol–water partition coefficient (Wildman–Crippen LogP) is 4.01. The van der Waals surface area contributed by atoms with Gasteiger partial charge in [0.1, 0.15) is 5.75 Å². The third-order valence-corrected chi connectivity index (χ3v) is 4.31. The van der Waals surface area contributed by atoms with Crippen molar-refractivity contribution in [2.45, 2.75) is 50.9 Å². The van der Waals surface area contributed by atoms with Gasteiger partial charge in [0.25, 0.3) is 0 Å². The number of ether oxygens (including phenoxy) is 3. The molecule has 2 aliphatic rings. The van der Waals surface area contributed by atoms with Crippen molar-refractivity contribution in [1.82, 2.24) is 0 Å². The van der Waals surface area contributed by atoms with Crippen LogP contribution in [0.4, 0.5) is 0 Å². The molecule has 1 spiro atoms. The number of rotatable bonds is 2. The van der Waals surface area contributed by atoms with Gasteiger partial charge >= 0.3 is 5.97 Å². The molecule has 1 atom stereocenters. The second-order valence-electron chi connectivity index (χ2n) is 5.48. The Morgan fingerprint density at radius 1 is 1.38 bits per heavy atom. The van der Waals surface area contributed by atoms with Crippen molar-refractivity contribution < 1.29 is 19.0 Å². The number of benzene rings is 1. The number of carbonyl (C=O) groups excluding carboxylic acids is 1. The fraction of sp³-hybridized carbons (Fsp3) is 0.562. The first-order chi connectivity index (χ1) is 10.2. The van der Waals surface area contributed by atoms with E-state index in [1.165, 1.54) is 0 Å². The third-order valence-electron chi connectivity index (χ3n) is 4.02. The van der Waals surface area contributed by atoms with Gasteiger partial charge in [-0.15, -0.1) is 0 Å². The third kappa shape index (κ3) is 2.74. The van der Waals surface area contributed by atoms with E-state index in [2.05, 4.69) is 0 Å². The summed E-state index contributed by atoms with van der Waals surface area (Å²) in [5.74, 6) is -0.562. The van der Waals surface area contributed by atoms with Gasteiger partial charge in [-0.25, -0.2) is 4.79 Å². The minimum Gasteiger partial charge on any atom is -0.464 e. The zero-order chi connectivity index (χ0) is 14.9. The van der Waals surface area contributed by atoms with Crippen LogP contribution >= 0.6 is 11.6 Å². The predicted molar refractivity (Wildman–Crippen MR) is 78.4 cm³/mol. The Morgan fingerprint density at radius 2 is 2.14 bits per heavy atom. The average Bonchev–Trinajstić information content (AvgIpc) is 2.49. The fourth-order valence-electron chi connectivity index (χ4n) is 3.03. The molecule has 0 amide bonds. The number of para-hydroxylation sites is 1. The summed E-state index contributed by atoms with van der Waals surface area (Å²) in [6.07, 6.45) is 3.99. The first-order valence-electron chi connectivity index (χ1n) is 7.47. The molecule has 0 radical (unpaired) electrons. The topological polar surface area (TPSA) is 44.8 Å². The Hall–Kier alpha value is -1.26. The molecule has 3 rings (SSSR count). The normalized spacial score (nSPS) is 23.2. The monoisotopic (exact) mass is 310 g/mol. The Balaban J connectivity index is 1.99. The van der Waals surface area contributed by atoms with Crippen molar-refractivity contribution in [2.75, 3.05) is 6.61 Å². The van der Waals surface area contributed by atoms with E-state index in [1.807, 2.05) is 0 Å². The van der Waals surface area contributed by atoms with Gasteiger partial charge in [-0.3, -0.25) is 0 Å². The molecule has 1 saturated carbocycles. The van der Waals surface area contributed by atoms with Crippen molar-refractivity contribution >= 4 is 17.6 Å². The summed E-state index contributed by atoms with van der Waals surface area (Å²) < 4.78 is 17.3. The van der Waals surface area contributed by atoms with E-state index in [0.717, 1.165) is 32.1 Å². The average molecular weight is 311 g/mol. The maximum Gasteiger partial charge on any atom is 0.340 e. The lowest BCUT2D eigenvalue weighted by Gasteiger charge is -2.43. The van der Waals surface area contributed by atoms with Crippen molar-refractivity contribution in [2.24, 2.45) is 0 Å². The van der Waals surface area contributed by atoms with Crippen molar-refractivity contribution in [3.63, 3.8) is 0 Å². The molecule has 1 aromatic carbocycles. The molecule has 0 aromatic heterocycles. The van der Waals surface area contributed by atoms with E-state index in [4.69, 9.17) is 25.8 Å². The molecule has 1 aromatic rings. The number of halogens is 1. The second kappa shape index (κ2) is 5.85. The Labute approximate surface area is 129 Å². The summed E-state index contributed by atoms with van der Waals surface area (Å²) in [4.78, 5) is 12.3. The summed E-state index contributed by atoms with van der Waals surface area (Å²) in [5, 5.41) is 0.509. The molecule has 0 saturated heterocycles. The standard InChI is InChI=1S/C16H19ClO4/c1-2-19-15(18)14-11-7-6-8-12(17)13(11)20-16(21-14)9-4-3-5-10-16/h6-8,14H,2-5,9-10H2,1H3. The van der Waals surface area contributed by atoms with Gasteiger partial charge in [0.2, 0.25) is 5.79 Å². The van der Waals surface area contributed by atoms with Crippen LogP contribution in [0.3, 0.4) is 0 Å². The fourth-order valence-corrected chi connectivity index (χ4v) is 3.25. The molecular formula is C16H19ClO4. The lowest BCUT2D eigenvalue weighted by atomic mass is 9.92. The number of fused-ring (bicyclic) bond motifs is 1. The number of esters is 1. The smallest absolute Gasteiger partial charge is 0.340 e. The van der Waals surface area contributed by atoms with Crippen molar-refractivity contribution in [3.8, 4) is 5.75 Å². The van der Waals surface area contributed by atoms with Crippen molar-refractivity contribution in [1.29, 1.82) is 0 Å². The highest BCUT2D eigenvalue weighted by Crippen LogP contribution is 2.47. The molecule has 1 fully saturated rings. The SMILES string of the molecule is CCOC(=O)C1OC2(CCCCC2)Oc2c(Cl)cccc21. The van der Waals surface area contributed by atoms with Crippen LogP contribution in [0.1, 0.15) is 50.7 Å². The molecule has 21 heavy (non-hydrogen) atoms. The lowest BCUT2D eigenvalue weighted by molar-refractivity contribution is -0.248. The van der Waals surface area contributed by atoms with E-state index >= 15 is 0 Å². The van der Waals surface area contributed by atoms with Crippen LogP contribution < -0.4 is 4.74 Å². The molecule has 0 bridgehead atoms. The van der Waals surface area contributed by atoms with Gasteiger partial charge in [0, 0.05) is 18.4 Å². The van der Waals surface area contributed by atoms with Gasteiger partial charge in [0.15, 0.2) is 6.10 Å². The maximum absolute atomic E-state index is 12.3. The van der Waals surface area contributed by atoms with Gasteiger partial charge < -0.3 is 14.2 Å².